The SMILES string of the molecule is O=C(CO[C@@H]1CCNC1)Nc1ccc(NCc2ccccc2)c(Cl)c1. The highest BCUT2D eigenvalue weighted by Gasteiger charge is 2.16. The molecule has 0 bridgehead atoms. The molecule has 0 radical (unpaired) electrons. The molecule has 3 N–H and O–H groups in total. The average molecular weight is 360 g/mol. The summed E-state index contributed by atoms with van der Waals surface area (Å²) < 4.78 is 5.56. The molecule has 3 rings (SSSR count). The molecule has 6 heteroatoms. The van der Waals surface area contributed by atoms with Crippen LogP contribution in [0.1, 0.15) is 12.0 Å². The zero-order valence-electron chi connectivity index (χ0n) is 13.9. The molecule has 5 nitrogen and oxygen atoms in total. The lowest BCUT2D eigenvalue weighted by atomic mass is 10.2. The number of benzene rings is 2. The number of ether oxygens (including phenoxy) is 1. The van der Waals surface area contributed by atoms with Crippen molar-refractivity contribution in [2.24, 2.45) is 0 Å². The lowest BCUT2D eigenvalue weighted by Crippen LogP contribution is -2.24. The molecule has 0 spiro atoms. The number of rotatable bonds is 7. The first-order valence-corrected chi connectivity index (χ1v) is 8.78. The zero-order chi connectivity index (χ0) is 17.5. The molecule has 1 heterocycles. The first-order chi connectivity index (χ1) is 12.2. The third-order valence-electron chi connectivity index (χ3n) is 4.04. The van der Waals surface area contributed by atoms with Crippen LogP contribution in [0.5, 0.6) is 0 Å². The Morgan fingerprint density at radius 3 is 2.80 bits per heavy atom. The predicted octanol–water partition coefficient (Wildman–Crippen LogP) is 3.27. The average Bonchev–Trinajstić information content (AvgIpc) is 3.14. The van der Waals surface area contributed by atoms with Crippen molar-refractivity contribution in [2.45, 2.75) is 19.1 Å². The molecule has 1 atom stereocenters. The monoisotopic (exact) mass is 359 g/mol. The van der Waals surface area contributed by atoms with Crippen molar-refractivity contribution in [3.63, 3.8) is 0 Å². The van der Waals surface area contributed by atoms with Crippen LogP contribution in [-0.4, -0.2) is 31.7 Å². The third kappa shape index (κ3) is 5.46. The van der Waals surface area contributed by atoms with Gasteiger partial charge in [0, 0.05) is 18.8 Å². The summed E-state index contributed by atoms with van der Waals surface area (Å²) in [5.41, 5.74) is 2.67. The van der Waals surface area contributed by atoms with Crippen LogP contribution in [0.25, 0.3) is 0 Å². The summed E-state index contributed by atoms with van der Waals surface area (Å²) in [6.07, 6.45) is 1.07. The number of amides is 1. The molecular weight excluding hydrogens is 338 g/mol. The highest BCUT2D eigenvalue weighted by Crippen LogP contribution is 2.26. The van der Waals surface area contributed by atoms with Crippen LogP contribution in [-0.2, 0) is 16.1 Å². The fourth-order valence-corrected chi connectivity index (χ4v) is 2.94. The van der Waals surface area contributed by atoms with E-state index in [0.717, 1.165) is 25.2 Å². The zero-order valence-corrected chi connectivity index (χ0v) is 14.7. The first kappa shape index (κ1) is 17.7. The van der Waals surface area contributed by atoms with Gasteiger partial charge in [-0.15, -0.1) is 0 Å². The number of nitrogens with one attached hydrogen (secondary N) is 3. The standard InChI is InChI=1S/C19H22ClN3O2/c20-17-10-15(23-19(24)13-25-16-8-9-21-12-16)6-7-18(17)22-11-14-4-2-1-3-5-14/h1-7,10,16,21-22H,8-9,11-13H2,(H,23,24)/t16-/m1/s1. The summed E-state index contributed by atoms with van der Waals surface area (Å²) in [6, 6.07) is 15.5. The van der Waals surface area contributed by atoms with E-state index in [-0.39, 0.29) is 18.6 Å². The van der Waals surface area contributed by atoms with Crippen LogP contribution in [0.2, 0.25) is 5.02 Å². The van der Waals surface area contributed by atoms with Crippen LogP contribution in [0, 0.1) is 0 Å². The maximum Gasteiger partial charge on any atom is 0.250 e. The van der Waals surface area contributed by atoms with E-state index < -0.39 is 0 Å². The van der Waals surface area contributed by atoms with E-state index in [1.807, 2.05) is 30.3 Å². The van der Waals surface area contributed by atoms with Gasteiger partial charge in [-0.2, -0.15) is 0 Å². The van der Waals surface area contributed by atoms with E-state index >= 15 is 0 Å². The highest BCUT2D eigenvalue weighted by atomic mass is 35.5. The van der Waals surface area contributed by atoms with Crippen LogP contribution < -0.4 is 16.0 Å². The summed E-state index contributed by atoms with van der Waals surface area (Å²) in [5, 5.41) is 9.87. The summed E-state index contributed by atoms with van der Waals surface area (Å²) in [6.45, 7) is 2.49. The molecule has 0 aromatic heterocycles. The van der Waals surface area contributed by atoms with Crippen LogP contribution in [0.3, 0.4) is 0 Å². The molecule has 1 fully saturated rings. The van der Waals surface area contributed by atoms with Crippen molar-refractivity contribution in [1.82, 2.24) is 5.32 Å². The Labute approximate surface area is 152 Å². The van der Waals surface area contributed by atoms with Gasteiger partial charge in [0.1, 0.15) is 6.61 Å². The Hall–Kier alpha value is -2.08. The van der Waals surface area contributed by atoms with Gasteiger partial charge in [0.05, 0.1) is 16.8 Å². The highest BCUT2D eigenvalue weighted by molar-refractivity contribution is 6.33. The Balaban J connectivity index is 1.49. The van der Waals surface area contributed by atoms with Gasteiger partial charge in [-0.25, -0.2) is 0 Å². The Bertz CT molecular complexity index is 703. The van der Waals surface area contributed by atoms with E-state index in [2.05, 4.69) is 28.1 Å². The molecule has 132 valence electrons. The molecule has 1 saturated heterocycles. The van der Waals surface area contributed by atoms with Crippen molar-refractivity contribution >= 4 is 28.9 Å². The van der Waals surface area contributed by atoms with Gasteiger partial charge in [0.15, 0.2) is 0 Å². The Kier molecular flexibility index (Phi) is 6.28. The van der Waals surface area contributed by atoms with Gasteiger partial charge in [-0.1, -0.05) is 41.9 Å². The van der Waals surface area contributed by atoms with E-state index in [9.17, 15) is 4.79 Å². The third-order valence-corrected chi connectivity index (χ3v) is 4.36. The predicted molar refractivity (Wildman–Crippen MR) is 101 cm³/mol. The number of anilines is 2. The number of hydrogen-bond donors (Lipinski definition) is 3. The van der Waals surface area contributed by atoms with Crippen LogP contribution >= 0.6 is 11.6 Å². The fraction of sp³-hybridized carbons (Fsp3) is 0.316. The molecule has 0 saturated carbocycles. The van der Waals surface area contributed by atoms with E-state index in [4.69, 9.17) is 16.3 Å². The maximum atomic E-state index is 12.0. The minimum Gasteiger partial charge on any atom is -0.380 e. The van der Waals surface area contributed by atoms with Crippen molar-refractivity contribution in [2.75, 3.05) is 30.3 Å². The van der Waals surface area contributed by atoms with Crippen molar-refractivity contribution in [1.29, 1.82) is 0 Å². The summed E-state index contributed by atoms with van der Waals surface area (Å²) in [5.74, 6) is -0.173. The first-order valence-electron chi connectivity index (χ1n) is 8.40. The number of hydrogen-bond acceptors (Lipinski definition) is 4. The molecule has 0 unspecified atom stereocenters. The van der Waals surface area contributed by atoms with Gasteiger partial charge in [0.25, 0.3) is 0 Å². The van der Waals surface area contributed by atoms with E-state index in [1.165, 1.54) is 5.56 Å². The fourth-order valence-electron chi connectivity index (χ4n) is 2.69. The summed E-state index contributed by atoms with van der Waals surface area (Å²) in [7, 11) is 0. The van der Waals surface area contributed by atoms with Crippen molar-refractivity contribution in [3.05, 3.63) is 59.1 Å². The Morgan fingerprint density at radius 1 is 1.24 bits per heavy atom. The summed E-state index contributed by atoms with van der Waals surface area (Å²) >= 11 is 6.31. The number of carbonyl (C=O) groups excluding carboxylic acids is 1. The van der Waals surface area contributed by atoms with Gasteiger partial charge in [-0.05, 0) is 36.7 Å². The molecule has 2 aromatic rings. The second-order valence-corrected chi connectivity index (χ2v) is 6.41. The number of carbonyl (C=O) groups is 1. The molecule has 1 aliphatic rings. The second-order valence-electron chi connectivity index (χ2n) is 6.01. The number of halogens is 1. The van der Waals surface area contributed by atoms with Gasteiger partial charge in [-0.3, -0.25) is 4.79 Å². The molecule has 25 heavy (non-hydrogen) atoms. The minimum absolute atomic E-state index is 0.0535. The molecular formula is C19H22ClN3O2. The topological polar surface area (TPSA) is 62.4 Å². The van der Waals surface area contributed by atoms with Crippen molar-refractivity contribution < 1.29 is 9.53 Å². The van der Waals surface area contributed by atoms with E-state index in [0.29, 0.717) is 17.3 Å². The maximum absolute atomic E-state index is 12.0. The molecule has 0 aliphatic carbocycles. The van der Waals surface area contributed by atoms with Crippen LogP contribution in [0.4, 0.5) is 11.4 Å². The smallest absolute Gasteiger partial charge is 0.250 e. The molecule has 1 aliphatic heterocycles. The van der Waals surface area contributed by atoms with Gasteiger partial charge >= 0.3 is 0 Å². The lowest BCUT2D eigenvalue weighted by molar-refractivity contribution is -0.122. The van der Waals surface area contributed by atoms with Crippen LogP contribution in [0.15, 0.2) is 48.5 Å². The molecule has 2 aromatic carbocycles. The quantitative estimate of drug-likeness (QED) is 0.710. The minimum atomic E-state index is -0.173. The Morgan fingerprint density at radius 2 is 2.08 bits per heavy atom. The van der Waals surface area contributed by atoms with Gasteiger partial charge in [0.2, 0.25) is 5.91 Å². The van der Waals surface area contributed by atoms with Gasteiger partial charge < -0.3 is 20.7 Å². The molecule has 1 amide bonds. The normalized spacial score (nSPS) is 16.6. The van der Waals surface area contributed by atoms with Crippen molar-refractivity contribution in [3.8, 4) is 0 Å². The largest absolute Gasteiger partial charge is 0.380 e. The second kappa shape index (κ2) is 8.85. The van der Waals surface area contributed by atoms with E-state index in [1.54, 1.807) is 6.07 Å². The lowest BCUT2D eigenvalue weighted by Gasteiger charge is -2.12. The summed E-state index contributed by atoms with van der Waals surface area (Å²) in [4.78, 5) is 12.0.